The zero-order chi connectivity index (χ0) is 11.8. The van der Waals surface area contributed by atoms with E-state index in [4.69, 9.17) is 0 Å². The fourth-order valence-corrected chi connectivity index (χ4v) is 1.39. The molecule has 0 amide bonds. The first-order valence-corrected chi connectivity index (χ1v) is 5.49. The molecule has 2 aromatic rings. The van der Waals surface area contributed by atoms with Crippen LogP contribution >= 0.6 is 0 Å². The number of nitrogens with one attached hydrogen (secondary N) is 1. The molecule has 0 bridgehead atoms. The number of benzene rings is 2. The Balaban J connectivity index is 0.000000165. The maximum absolute atomic E-state index is 3.10. The smallest absolute Gasteiger partial charge is 0.0367 e. The van der Waals surface area contributed by atoms with Crippen molar-refractivity contribution in [2.45, 2.75) is 13.8 Å². The summed E-state index contributed by atoms with van der Waals surface area (Å²) in [6.07, 6.45) is 0. The summed E-state index contributed by atoms with van der Waals surface area (Å²) in [6.45, 7) is 4.17. The standard InChI is InChI=1S/C8H11N.C7H8/c1-7-5-3-4-6-8(7)9-2;1-7-5-3-2-4-6-7/h3-6,9H,1-2H3;2-6H,1H3. The lowest BCUT2D eigenvalue weighted by Crippen LogP contribution is -1.89. The topological polar surface area (TPSA) is 12.0 Å². The maximum atomic E-state index is 3.10. The Morgan fingerprint density at radius 2 is 1.31 bits per heavy atom. The lowest BCUT2D eigenvalue weighted by Gasteiger charge is -2.01. The van der Waals surface area contributed by atoms with Gasteiger partial charge in [0, 0.05) is 12.7 Å². The zero-order valence-corrected chi connectivity index (χ0v) is 10.2. The first-order valence-electron chi connectivity index (χ1n) is 5.49. The normalized spacial score (nSPS) is 8.94. The van der Waals surface area contributed by atoms with Crippen LogP contribution in [0.5, 0.6) is 0 Å². The van der Waals surface area contributed by atoms with Crippen LogP contribution < -0.4 is 5.32 Å². The molecule has 0 aliphatic rings. The van der Waals surface area contributed by atoms with Crippen LogP contribution in [0.15, 0.2) is 54.6 Å². The molecule has 84 valence electrons. The molecule has 0 aromatic heterocycles. The maximum Gasteiger partial charge on any atom is 0.0367 e. The molecule has 0 aliphatic carbocycles. The molecule has 0 radical (unpaired) electrons. The molecule has 0 atom stereocenters. The minimum atomic E-state index is 1.21. The highest BCUT2D eigenvalue weighted by Gasteiger charge is 1.88. The Morgan fingerprint density at radius 1 is 0.750 bits per heavy atom. The van der Waals surface area contributed by atoms with E-state index in [2.05, 4.69) is 43.4 Å². The first kappa shape index (κ1) is 12.3. The average Bonchev–Trinajstić information content (AvgIpc) is 2.31. The minimum absolute atomic E-state index is 1.21. The second-order valence-electron chi connectivity index (χ2n) is 3.72. The minimum Gasteiger partial charge on any atom is -0.388 e. The van der Waals surface area contributed by atoms with Crippen molar-refractivity contribution in [2.75, 3.05) is 12.4 Å². The Kier molecular flexibility index (Phi) is 5.13. The lowest BCUT2D eigenvalue weighted by atomic mass is 10.2. The Hall–Kier alpha value is -1.76. The fourth-order valence-electron chi connectivity index (χ4n) is 1.39. The average molecular weight is 213 g/mol. The molecule has 0 spiro atoms. The SMILES string of the molecule is CNc1ccccc1C.Cc1ccccc1. The van der Waals surface area contributed by atoms with Crippen LogP contribution in [-0.2, 0) is 0 Å². The monoisotopic (exact) mass is 213 g/mol. The van der Waals surface area contributed by atoms with Crippen LogP contribution in [0.3, 0.4) is 0 Å². The van der Waals surface area contributed by atoms with E-state index in [0.29, 0.717) is 0 Å². The van der Waals surface area contributed by atoms with Crippen LogP contribution in [0, 0.1) is 13.8 Å². The molecule has 0 fully saturated rings. The molecule has 1 heteroatoms. The van der Waals surface area contributed by atoms with E-state index in [9.17, 15) is 0 Å². The molecule has 0 heterocycles. The van der Waals surface area contributed by atoms with E-state index in [1.807, 2.05) is 37.4 Å². The van der Waals surface area contributed by atoms with Crippen molar-refractivity contribution in [1.82, 2.24) is 0 Å². The highest BCUT2D eigenvalue weighted by molar-refractivity contribution is 5.49. The molecule has 0 aliphatic heterocycles. The number of aryl methyl sites for hydroxylation is 2. The molecular weight excluding hydrogens is 194 g/mol. The van der Waals surface area contributed by atoms with Gasteiger partial charge in [0.05, 0.1) is 0 Å². The van der Waals surface area contributed by atoms with Gasteiger partial charge in [0.25, 0.3) is 0 Å². The third-order valence-electron chi connectivity index (χ3n) is 2.35. The van der Waals surface area contributed by atoms with Gasteiger partial charge in [-0.15, -0.1) is 0 Å². The Bertz CT molecular complexity index is 407. The molecule has 1 nitrogen and oxygen atoms in total. The highest BCUT2D eigenvalue weighted by Crippen LogP contribution is 2.10. The molecule has 0 saturated heterocycles. The third-order valence-corrected chi connectivity index (χ3v) is 2.35. The van der Waals surface area contributed by atoms with Gasteiger partial charge in [0.1, 0.15) is 0 Å². The van der Waals surface area contributed by atoms with Crippen LogP contribution in [0.2, 0.25) is 0 Å². The molecule has 0 unspecified atom stereocenters. The van der Waals surface area contributed by atoms with E-state index < -0.39 is 0 Å². The van der Waals surface area contributed by atoms with Crippen molar-refractivity contribution in [3.8, 4) is 0 Å². The molecule has 0 saturated carbocycles. The number of hydrogen-bond donors (Lipinski definition) is 1. The molecule has 2 rings (SSSR count). The van der Waals surface area contributed by atoms with E-state index in [1.54, 1.807) is 0 Å². The molecule has 2 aromatic carbocycles. The summed E-state index contributed by atoms with van der Waals surface area (Å²) in [4.78, 5) is 0. The fraction of sp³-hybridized carbons (Fsp3) is 0.200. The van der Waals surface area contributed by atoms with Crippen LogP contribution in [0.4, 0.5) is 5.69 Å². The van der Waals surface area contributed by atoms with Gasteiger partial charge in [-0.25, -0.2) is 0 Å². The van der Waals surface area contributed by atoms with Gasteiger partial charge in [-0.2, -0.15) is 0 Å². The highest BCUT2D eigenvalue weighted by atomic mass is 14.8. The van der Waals surface area contributed by atoms with Crippen molar-refractivity contribution in [2.24, 2.45) is 0 Å². The van der Waals surface area contributed by atoms with E-state index in [-0.39, 0.29) is 0 Å². The van der Waals surface area contributed by atoms with Crippen molar-refractivity contribution in [3.05, 3.63) is 65.7 Å². The summed E-state index contributed by atoms with van der Waals surface area (Å²) in [6, 6.07) is 18.5. The van der Waals surface area contributed by atoms with Gasteiger partial charge in [-0.3, -0.25) is 0 Å². The number of rotatable bonds is 1. The van der Waals surface area contributed by atoms with Crippen molar-refractivity contribution >= 4 is 5.69 Å². The van der Waals surface area contributed by atoms with Gasteiger partial charge in [0.15, 0.2) is 0 Å². The molecule has 1 N–H and O–H groups in total. The van der Waals surface area contributed by atoms with Crippen LogP contribution in [0.25, 0.3) is 0 Å². The third kappa shape index (κ3) is 4.18. The van der Waals surface area contributed by atoms with Crippen molar-refractivity contribution < 1.29 is 0 Å². The van der Waals surface area contributed by atoms with Crippen LogP contribution in [0.1, 0.15) is 11.1 Å². The summed E-state index contributed by atoms with van der Waals surface area (Å²) in [5.74, 6) is 0. The summed E-state index contributed by atoms with van der Waals surface area (Å²) < 4.78 is 0. The van der Waals surface area contributed by atoms with Crippen molar-refractivity contribution in [3.63, 3.8) is 0 Å². The van der Waals surface area contributed by atoms with Gasteiger partial charge < -0.3 is 5.32 Å². The second kappa shape index (κ2) is 6.67. The summed E-state index contributed by atoms with van der Waals surface area (Å²) in [5, 5.41) is 3.10. The second-order valence-corrected chi connectivity index (χ2v) is 3.72. The summed E-state index contributed by atoms with van der Waals surface area (Å²) in [7, 11) is 1.93. The summed E-state index contributed by atoms with van der Waals surface area (Å²) in [5.41, 5.74) is 3.82. The van der Waals surface area contributed by atoms with Gasteiger partial charge >= 0.3 is 0 Å². The molecular formula is C15H19N. The van der Waals surface area contributed by atoms with Crippen LogP contribution in [-0.4, -0.2) is 7.05 Å². The van der Waals surface area contributed by atoms with Crippen molar-refractivity contribution in [1.29, 1.82) is 0 Å². The number of hydrogen-bond acceptors (Lipinski definition) is 1. The molecule has 16 heavy (non-hydrogen) atoms. The van der Waals surface area contributed by atoms with Gasteiger partial charge in [-0.1, -0.05) is 54.1 Å². The van der Waals surface area contributed by atoms with E-state index in [0.717, 1.165) is 0 Å². The predicted octanol–water partition coefficient (Wildman–Crippen LogP) is 4.03. The largest absolute Gasteiger partial charge is 0.388 e. The Labute approximate surface area is 98.1 Å². The quantitative estimate of drug-likeness (QED) is 0.754. The Morgan fingerprint density at radius 3 is 1.69 bits per heavy atom. The first-order chi connectivity index (χ1) is 7.74. The zero-order valence-electron chi connectivity index (χ0n) is 10.2. The number of anilines is 1. The predicted molar refractivity (Wildman–Crippen MR) is 71.9 cm³/mol. The summed E-state index contributed by atoms with van der Waals surface area (Å²) >= 11 is 0. The van der Waals surface area contributed by atoms with Gasteiger partial charge in [-0.05, 0) is 25.5 Å². The van der Waals surface area contributed by atoms with E-state index in [1.165, 1.54) is 16.8 Å². The lowest BCUT2D eigenvalue weighted by molar-refractivity contribution is 1.41. The van der Waals surface area contributed by atoms with E-state index >= 15 is 0 Å². The number of para-hydroxylation sites is 1. The van der Waals surface area contributed by atoms with Gasteiger partial charge in [0.2, 0.25) is 0 Å².